The van der Waals surface area contributed by atoms with Gasteiger partial charge in [0.25, 0.3) is 5.91 Å². The Hall–Kier alpha value is -2.35. The van der Waals surface area contributed by atoms with Gasteiger partial charge in [-0.1, -0.05) is 19.3 Å². The van der Waals surface area contributed by atoms with Crippen LogP contribution in [0.2, 0.25) is 0 Å². The zero-order valence-electron chi connectivity index (χ0n) is 12.9. The van der Waals surface area contributed by atoms with E-state index in [4.69, 9.17) is 5.11 Å². The van der Waals surface area contributed by atoms with Gasteiger partial charge in [0.1, 0.15) is 18.4 Å². The molecular formula is C15H19ClN4O4. The van der Waals surface area contributed by atoms with Crippen molar-refractivity contribution < 1.29 is 14.7 Å². The highest BCUT2D eigenvalue weighted by atomic mass is 35.5. The van der Waals surface area contributed by atoms with E-state index >= 15 is 0 Å². The number of fused-ring (bicyclic) bond motifs is 1. The third-order valence-corrected chi connectivity index (χ3v) is 4.24. The second kappa shape index (κ2) is 7.48. The number of carbonyl (C=O) groups excluding carboxylic acids is 1. The first-order valence-corrected chi connectivity index (χ1v) is 7.67. The Bertz CT molecular complexity index is 807. The first-order valence-electron chi connectivity index (χ1n) is 7.67. The molecule has 1 aliphatic rings. The van der Waals surface area contributed by atoms with Crippen LogP contribution in [-0.4, -0.2) is 38.1 Å². The molecule has 1 fully saturated rings. The van der Waals surface area contributed by atoms with Gasteiger partial charge in [-0.25, -0.2) is 9.50 Å². The van der Waals surface area contributed by atoms with Crippen molar-refractivity contribution >= 4 is 29.9 Å². The summed E-state index contributed by atoms with van der Waals surface area (Å²) in [5.41, 5.74) is 0.505. The summed E-state index contributed by atoms with van der Waals surface area (Å²) in [5, 5.41) is 13.8. The number of aromatic amines is 1. The van der Waals surface area contributed by atoms with Gasteiger partial charge in [-0.2, -0.15) is 0 Å². The van der Waals surface area contributed by atoms with Gasteiger partial charge in [0.2, 0.25) is 0 Å². The van der Waals surface area contributed by atoms with Crippen LogP contribution in [0.25, 0.3) is 5.65 Å². The summed E-state index contributed by atoms with van der Waals surface area (Å²) >= 11 is 0. The summed E-state index contributed by atoms with van der Waals surface area (Å²) < 4.78 is 1.66. The summed E-state index contributed by atoms with van der Waals surface area (Å²) in [6, 6.07) is 1.47. The average molecular weight is 355 g/mol. The van der Waals surface area contributed by atoms with Crippen molar-refractivity contribution in [3.8, 4) is 0 Å². The van der Waals surface area contributed by atoms with E-state index in [1.165, 1.54) is 18.8 Å². The molecule has 130 valence electrons. The number of hydrogen-bond acceptors (Lipinski definition) is 4. The summed E-state index contributed by atoms with van der Waals surface area (Å²) in [5.74, 6) is -1.63. The van der Waals surface area contributed by atoms with Crippen LogP contribution in [0.15, 0.2) is 17.2 Å². The van der Waals surface area contributed by atoms with Crippen LogP contribution in [0, 0.1) is 0 Å². The predicted molar refractivity (Wildman–Crippen MR) is 88.9 cm³/mol. The molecule has 8 nitrogen and oxygen atoms in total. The van der Waals surface area contributed by atoms with Crippen LogP contribution in [0.5, 0.6) is 0 Å². The number of aliphatic carboxylic acids is 1. The van der Waals surface area contributed by atoms with Gasteiger partial charge < -0.3 is 10.4 Å². The topological polar surface area (TPSA) is 117 Å². The fourth-order valence-corrected chi connectivity index (χ4v) is 3.18. The number of carbonyl (C=O) groups is 2. The number of hydrogen-bond donors (Lipinski definition) is 3. The Morgan fingerprint density at radius 2 is 2.04 bits per heavy atom. The van der Waals surface area contributed by atoms with Crippen molar-refractivity contribution in [2.75, 3.05) is 6.54 Å². The predicted octanol–water partition coefficient (Wildman–Crippen LogP) is 1.31. The summed E-state index contributed by atoms with van der Waals surface area (Å²) in [7, 11) is 0. The third-order valence-electron chi connectivity index (χ3n) is 4.24. The quantitative estimate of drug-likeness (QED) is 0.765. The molecule has 0 radical (unpaired) electrons. The van der Waals surface area contributed by atoms with Gasteiger partial charge in [-0.3, -0.25) is 19.5 Å². The van der Waals surface area contributed by atoms with Crippen molar-refractivity contribution in [2.45, 2.75) is 38.0 Å². The Labute approximate surface area is 143 Å². The summed E-state index contributed by atoms with van der Waals surface area (Å²) in [6.45, 7) is -0.542. The van der Waals surface area contributed by atoms with E-state index < -0.39 is 23.9 Å². The average Bonchev–Trinajstić information content (AvgIpc) is 3.01. The van der Waals surface area contributed by atoms with Crippen LogP contribution >= 0.6 is 12.4 Å². The van der Waals surface area contributed by atoms with Gasteiger partial charge in [-0.05, 0) is 12.8 Å². The molecule has 1 saturated carbocycles. The Balaban J connectivity index is 0.00000208. The lowest BCUT2D eigenvalue weighted by Gasteiger charge is -2.22. The highest BCUT2D eigenvalue weighted by Crippen LogP contribution is 2.32. The van der Waals surface area contributed by atoms with Gasteiger partial charge >= 0.3 is 5.97 Å². The minimum Gasteiger partial charge on any atom is -0.480 e. The number of carboxylic acids is 1. The Morgan fingerprint density at radius 1 is 1.33 bits per heavy atom. The molecule has 1 aliphatic carbocycles. The number of carboxylic acid groups (broad SMARTS) is 1. The maximum atomic E-state index is 12.4. The zero-order valence-corrected chi connectivity index (χ0v) is 13.8. The molecule has 0 atom stereocenters. The SMILES string of the molecule is Cl.O=C(O)CNC(=O)c1c(=O)cc(C2CCCCC2)n2[nH]cnc12. The molecule has 0 bridgehead atoms. The van der Waals surface area contributed by atoms with E-state index in [1.807, 2.05) is 0 Å². The van der Waals surface area contributed by atoms with Gasteiger partial charge in [0, 0.05) is 17.7 Å². The maximum Gasteiger partial charge on any atom is 0.322 e. The van der Waals surface area contributed by atoms with Crippen LogP contribution in [0.4, 0.5) is 0 Å². The molecule has 3 N–H and O–H groups in total. The van der Waals surface area contributed by atoms with Crippen LogP contribution in [0.1, 0.15) is 54.1 Å². The lowest BCUT2D eigenvalue weighted by atomic mass is 9.86. The first kappa shape index (κ1) is 18.0. The normalized spacial score (nSPS) is 15.0. The van der Waals surface area contributed by atoms with Crippen molar-refractivity contribution in [3.63, 3.8) is 0 Å². The Kier molecular flexibility index (Phi) is 5.61. The molecular weight excluding hydrogens is 336 g/mol. The van der Waals surface area contributed by atoms with Crippen LogP contribution < -0.4 is 10.7 Å². The second-order valence-electron chi connectivity index (χ2n) is 5.77. The molecule has 0 saturated heterocycles. The van der Waals surface area contributed by atoms with E-state index in [0.717, 1.165) is 31.4 Å². The summed E-state index contributed by atoms with van der Waals surface area (Å²) in [4.78, 5) is 39.2. The highest BCUT2D eigenvalue weighted by molar-refractivity contribution is 6.00. The monoisotopic (exact) mass is 354 g/mol. The molecule has 2 aromatic rings. The molecule has 0 unspecified atom stereocenters. The smallest absolute Gasteiger partial charge is 0.322 e. The van der Waals surface area contributed by atoms with Crippen molar-refractivity contribution in [3.05, 3.63) is 33.9 Å². The van der Waals surface area contributed by atoms with Gasteiger partial charge in [0.05, 0.1) is 0 Å². The number of pyridine rings is 1. The lowest BCUT2D eigenvalue weighted by molar-refractivity contribution is -0.135. The molecule has 3 rings (SSSR count). The number of rotatable bonds is 4. The third kappa shape index (κ3) is 3.43. The minimum atomic E-state index is -1.17. The molecule has 0 aromatic carbocycles. The molecule has 1 amide bonds. The largest absolute Gasteiger partial charge is 0.480 e. The number of nitrogens with zero attached hydrogens (tertiary/aromatic N) is 2. The number of H-pyrrole nitrogens is 1. The standard InChI is InChI=1S/C15H18N4O4.ClH/c20-11-6-10(9-4-2-1-3-5-9)19-14(17-8-18-19)13(11)15(23)16-7-12(21)22;/h6,8-9H,1-5,7H2,(H,16,23)(H,17,18)(H,21,22);1H. The van der Waals surface area contributed by atoms with Crippen molar-refractivity contribution in [2.24, 2.45) is 0 Å². The van der Waals surface area contributed by atoms with Crippen LogP contribution in [0.3, 0.4) is 0 Å². The fourth-order valence-electron chi connectivity index (χ4n) is 3.18. The number of amides is 1. The van der Waals surface area contributed by atoms with Crippen molar-refractivity contribution in [1.29, 1.82) is 0 Å². The maximum absolute atomic E-state index is 12.4. The molecule has 9 heteroatoms. The number of aromatic nitrogens is 3. The number of halogens is 1. The zero-order chi connectivity index (χ0) is 16.4. The van der Waals surface area contributed by atoms with E-state index in [0.29, 0.717) is 0 Å². The molecule has 2 heterocycles. The first-order chi connectivity index (χ1) is 11.1. The van der Waals surface area contributed by atoms with Crippen LogP contribution in [-0.2, 0) is 4.79 Å². The molecule has 0 spiro atoms. The lowest BCUT2D eigenvalue weighted by Crippen LogP contribution is -2.33. The Morgan fingerprint density at radius 3 is 2.71 bits per heavy atom. The van der Waals surface area contributed by atoms with Gasteiger partial charge in [0.15, 0.2) is 11.1 Å². The number of nitrogens with one attached hydrogen (secondary N) is 2. The summed E-state index contributed by atoms with van der Waals surface area (Å²) in [6.07, 6.45) is 6.88. The van der Waals surface area contributed by atoms with E-state index in [2.05, 4.69) is 15.4 Å². The van der Waals surface area contributed by atoms with Crippen molar-refractivity contribution in [1.82, 2.24) is 19.9 Å². The molecule has 24 heavy (non-hydrogen) atoms. The highest BCUT2D eigenvalue weighted by Gasteiger charge is 2.24. The molecule has 0 aliphatic heterocycles. The van der Waals surface area contributed by atoms with E-state index in [9.17, 15) is 14.4 Å². The van der Waals surface area contributed by atoms with Gasteiger partial charge in [-0.15, -0.1) is 12.4 Å². The molecule has 2 aromatic heterocycles. The minimum absolute atomic E-state index is 0. The second-order valence-corrected chi connectivity index (χ2v) is 5.77. The fraction of sp³-hybridized carbons (Fsp3) is 0.467. The van der Waals surface area contributed by atoms with E-state index in [-0.39, 0.29) is 29.5 Å². The van der Waals surface area contributed by atoms with E-state index in [1.54, 1.807) is 4.52 Å².